The van der Waals surface area contributed by atoms with E-state index in [1.807, 2.05) is 6.92 Å². The number of nitrogens with zero attached hydrogens (tertiary/aromatic N) is 3. The Morgan fingerprint density at radius 2 is 2.17 bits per heavy atom. The minimum absolute atomic E-state index is 0.155. The number of benzene rings is 1. The van der Waals surface area contributed by atoms with Crippen molar-refractivity contribution in [2.75, 3.05) is 5.32 Å². The maximum atomic E-state index is 12.6. The first-order valence-corrected chi connectivity index (χ1v) is 8.78. The van der Waals surface area contributed by atoms with Gasteiger partial charge in [-0.2, -0.15) is 0 Å². The van der Waals surface area contributed by atoms with E-state index in [0.29, 0.717) is 32.8 Å². The van der Waals surface area contributed by atoms with Crippen LogP contribution in [-0.2, 0) is 4.79 Å². The van der Waals surface area contributed by atoms with Crippen LogP contribution in [-0.4, -0.2) is 31.1 Å². The molecule has 2 heterocycles. The monoisotopic (exact) mass is 381 g/mol. The molecule has 0 fully saturated rings. The van der Waals surface area contributed by atoms with Crippen molar-refractivity contribution in [3.8, 4) is 0 Å². The van der Waals surface area contributed by atoms with E-state index in [4.69, 9.17) is 23.2 Å². The van der Waals surface area contributed by atoms with E-state index in [0.717, 1.165) is 5.52 Å². The summed E-state index contributed by atoms with van der Waals surface area (Å²) < 4.78 is 0. The Labute approximate surface area is 152 Å². The lowest BCUT2D eigenvalue weighted by Crippen LogP contribution is -2.24. The van der Waals surface area contributed by atoms with Crippen LogP contribution in [0.2, 0.25) is 10.0 Å². The van der Waals surface area contributed by atoms with E-state index >= 15 is 0 Å². The summed E-state index contributed by atoms with van der Waals surface area (Å²) in [6.07, 6.45) is 3.62. The molecule has 9 heteroatoms. The fourth-order valence-electron chi connectivity index (χ4n) is 2.09. The highest BCUT2D eigenvalue weighted by atomic mass is 35.5. The summed E-state index contributed by atoms with van der Waals surface area (Å²) in [7, 11) is 0. The molecule has 6 nitrogen and oxygen atoms in total. The maximum Gasteiger partial charge on any atom is 0.237 e. The number of aromatic nitrogens is 4. The van der Waals surface area contributed by atoms with Crippen LogP contribution in [0, 0.1) is 0 Å². The molecular formula is C15H13Cl2N5OS. The van der Waals surface area contributed by atoms with Crippen molar-refractivity contribution in [2.45, 2.75) is 23.6 Å². The van der Waals surface area contributed by atoms with Crippen molar-refractivity contribution in [1.82, 2.24) is 19.9 Å². The van der Waals surface area contributed by atoms with Gasteiger partial charge in [0.1, 0.15) is 16.9 Å². The lowest BCUT2D eigenvalue weighted by molar-refractivity contribution is -0.115. The van der Waals surface area contributed by atoms with Crippen molar-refractivity contribution in [3.05, 3.63) is 40.9 Å². The molecule has 0 saturated carbocycles. The molecule has 0 aliphatic carbocycles. The summed E-state index contributed by atoms with van der Waals surface area (Å²) in [6.45, 7) is 1.94. The number of aromatic amines is 1. The Bertz CT molecular complexity index is 885. The number of fused-ring (bicyclic) bond motifs is 1. The predicted molar refractivity (Wildman–Crippen MR) is 96.7 cm³/mol. The normalized spacial score (nSPS) is 12.3. The number of carbonyl (C=O) groups excluding carboxylic acids is 1. The molecule has 1 aromatic carbocycles. The van der Waals surface area contributed by atoms with Gasteiger partial charge in [0.25, 0.3) is 0 Å². The summed E-state index contributed by atoms with van der Waals surface area (Å²) >= 11 is 13.3. The van der Waals surface area contributed by atoms with Crippen molar-refractivity contribution < 1.29 is 4.79 Å². The number of rotatable bonds is 5. The molecule has 0 unspecified atom stereocenters. The molecule has 124 valence electrons. The first-order chi connectivity index (χ1) is 11.6. The smallest absolute Gasteiger partial charge is 0.237 e. The summed E-state index contributed by atoms with van der Waals surface area (Å²) in [5, 5.41) is 4.09. The number of nitrogens with one attached hydrogen (secondary N) is 2. The Kier molecular flexibility index (Phi) is 5.23. The van der Waals surface area contributed by atoms with Gasteiger partial charge in [-0.05, 0) is 24.6 Å². The van der Waals surface area contributed by atoms with E-state index in [1.54, 1.807) is 24.5 Å². The average Bonchev–Trinajstić information content (AvgIpc) is 3.04. The Morgan fingerprint density at radius 1 is 1.33 bits per heavy atom. The molecule has 0 spiro atoms. The fourth-order valence-corrected chi connectivity index (χ4v) is 3.53. The molecule has 1 amide bonds. The molecule has 24 heavy (non-hydrogen) atoms. The SMILES string of the molecule is CC[C@@H](Sc1ncnc2nc[nH]c12)C(=O)Nc1ccc(Cl)cc1Cl. The van der Waals surface area contributed by atoms with E-state index in [9.17, 15) is 4.79 Å². The van der Waals surface area contributed by atoms with Crippen molar-refractivity contribution in [1.29, 1.82) is 0 Å². The van der Waals surface area contributed by atoms with Gasteiger partial charge in [0.05, 0.1) is 22.3 Å². The molecule has 0 bridgehead atoms. The minimum atomic E-state index is -0.335. The highest BCUT2D eigenvalue weighted by Crippen LogP contribution is 2.30. The van der Waals surface area contributed by atoms with Gasteiger partial charge in [-0.3, -0.25) is 4.79 Å². The average molecular weight is 382 g/mol. The predicted octanol–water partition coefficient (Wildman–Crippen LogP) is 4.17. The number of carbonyl (C=O) groups is 1. The number of anilines is 1. The third-order valence-corrected chi connectivity index (χ3v) is 5.21. The van der Waals surface area contributed by atoms with E-state index in [2.05, 4.69) is 25.3 Å². The quantitative estimate of drug-likeness (QED) is 0.511. The van der Waals surface area contributed by atoms with Gasteiger partial charge in [0.2, 0.25) is 5.91 Å². The summed E-state index contributed by atoms with van der Waals surface area (Å²) in [4.78, 5) is 28.0. The summed E-state index contributed by atoms with van der Waals surface area (Å²) in [5.41, 5.74) is 1.82. The largest absolute Gasteiger partial charge is 0.341 e. The van der Waals surface area contributed by atoms with E-state index in [1.165, 1.54) is 18.1 Å². The third kappa shape index (κ3) is 3.63. The van der Waals surface area contributed by atoms with Gasteiger partial charge in [-0.1, -0.05) is 41.9 Å². The van der Waals surface area contributed by atoms with Crippen LogP contribution in [0.1, 0.15) is 13.3 Å². The second-order valence-electron chi connectivity index (χ2n) is 4.91. The van der Waals surface area contributed by atoms with Gasteiger partial charge in [-0.25, -0.2) is 15.0 Å². The van der Waals surface area contributed by atoms with Crippen LogP contribution < -0.4 is 5.32 Å². The second-order valence-corrected chi connectivity index (χ2v) is 6.94. The number of halogens is 2. The van der Waals surface area contributed by atoms with Crippen molar-refractivity contribution in [2.24, 2.45) is 0 Å². The maximum absolute atomic E-state index is 12.6. The summed E-state index contributed by atoms with van der Waals surface area (Å²) in [5.74, 6) is -0.155. The first-order valence-electron chi connectivity index (χ1n) is 7.15. The Balaban J connectivity index is 1.78. The molecule has 0 aliphatic heterocycles. The van der Waals surface area contributed by atoms with Gasteiger partial charge < -0.3 is 10.3 Å². The molecule has 0 aliphatic rings. The number of H-pyrrole nitrogens is 1. The number of amides is 1. The Hall–Kier alpha value is -1.83. The molecule has 0 radical (unpaired) electrons. The molecule has 1 atom stereocenters. The third-order valence-electron chi connectivity index (χ3n) is 3.29. The van der Waals surface area contributed by atoms with Gasteiger partial charge in [-0.15, -0.1) is 0 Å². The Morgan fingerprint density at radius 3 is 2.92 bits per heavy atom. The number of hydrogen-bond donors (Lipinski definition) is 2. The van der Waals surface area contributed by atoms with E-state index in [-0.39, 0.29) is 11.2 Å². The standard InChI is InChI=1S/C15H13Cl2N5OS/c1-2-11(14(23)22-10-4-3-8(16)5-9(10)17)24-15-12-13(19-6-18-12)20-7-21-15/h3-7,11H,2H2,1H3,(H,22,23)(H,18,19,20,21)/t11-/m1/s1. The molecule has 0 saturated heterocycles. The van der Waals surface area contributed by atoms with Crippen LogP contribution >= 0.6 is 35.0 Å². The van der Waals surface area contributed by atoms with Crippen LogP contribution in [0.15, 0.2) is 35.9 Å². The van der Waals surface area contributed by atoms with Crippen molar-refractivity contribution >= 4 is 57.7 Å². The molecule has 3 aromatic rings. The highest BCUT2D eigenvalue weighted by molar-refractivity contribution is 8.00. The topological polar surface area (TPSA) is 83.6 Å². The zero-order chi connectivity index (χ0) is 17.1. The van der Waals surface area contributed by atoms with Gasteiger partial charge in [0, 0.05) is 5.02 Å². The van der Waals surface area contributed by atoms with Gasteiger partial charge in [0.15, 0.2) is 5.65 Å². The van der Waals surface area contributed by atoms with Gasteiger partial charge >= 0.3 is 0 Å². The molecule has 2 N–H and O–H groups in total. The van der Waals surface area contributed by atoms with Crippen LogP contribution in [0.4, 0.5) is 5.69 Å². The first kappa shape index (κ1) is 17.0. The lowest BCUT2D eigenvalue weighted by atomic mass is 10.2. The van der Waals surface area contributed by atoms with Crippen molar-refractivity contribution in [3.63, 3.8) is 0 Å². The fraction of sp³-hybridized carbons (Fsp3) is 0.200. The minimum Gasteiger partial charge on any atom is -0.341 e. The summed E-state index contributed by atoms with van der Waals surface area (Å²) in [6, 6.07) is 4.94. The van der Waals surface area contributed by atoms with Crippen LogP contribution in [0.25, 0.3) is 11.2 Å². The van der Waals surface area contributed by atoms with E-state index < -0.39 is 0 Å². The second kappa shape index (κ2) is 7.38. The molecule has 3 rings (SSSR count). The lowest BCUT2D eigenvalue weighted by Gasteiger charge is -2.15. The number of imidazole rings is 1. The van der Waals surface area contributed by atoms with Crippen LogP contribution in [0.3, 0.4) is 0 Å². The highest BCUT2D eigenvalue weighted by Gasteiger charge is 2.21. The molecular weight excluding hydrogens is 369 g/mol. The zero-order valence-corrected chi connectivity index (χ0v) is 14.9. The zero-order valence-electron chi connectivity index (χ0n) is 12.6. The molecule has 2 aromatic heterocycles. The number of thioether (sulfide) groups is 1. The number of hydrogen-bond acceptors (Lipinski definition) is 5. The van der Waals surface area contributed by atoms with Crippen LogP contribution in [0.5, 0.6) is 0 Å².